The monoisotopic (exact) mass is 261 g/mol. The van der Waals surface area contributed by atoms with Gasteiger partial charge >= 0.3 is 0 Å². The SMILES string of the molecule is Cc1ccc(C(=N)N)c(OC2CCC(C)(C)CC2)n1. The summed E-state index contributed by atoms with van der Waals surface area (Å²) in [5.74, 6) is 0.524. The average molecular weight is 261 g/mol. The second kappa shape index (κ2) is 5.19. The molecule has 2 rings (SSSR count). The van der Waals surface area contributed by atoms with Crippen molar-refractivity contribution in [3.8, 4) is 5.88 Å². The van der Waals surface area contributed by atoms with Gasteiger partial charge in [0.25, 0.3) is 0 Å². The zero-order chi connectivity index (χ0) is 14.0. The van der Waals surface area contributed by atoms with Crippen LogP contribution >= 0.6 is 0 Å². The third-order valence-electron chi connectivity index (χ3n) is 3.85. The maximum absolute atomic E-state index is 7.58. The zero-order valence-corrected chi connectivity index (χ0v) is 12.0. The first kappa shape index (κ1) is 13.8. The van der Waals surface area contributed by atoms with Crippen LogP contribution < -0.4 is 10.5 Å². The van der Waals surface area contributed by atoms with Crippen LogP contribution in [0.15, 0.2) is 12.1 Å². The van der Waals surface area contributed by atoms with Crippen LogP contribution in [0.1, 0.15) is 50.8 Å². The predicted molar refractivity (Wildman–Crippen MR) is 76.7 cm³/mol. The van der Waals surface area contributed by atoms with E-state index < -0.39 is 0 Å². The fourth-order valence-electron chi connectivity index (χ4n) is 2.48. The number of nitrogen functional groups attached to an aromatic ring is 1. The number of ether oxygens (including phenoxy) is 1. The number of pyridine rings is 1. The lowest BCUT2D eigenvalue weighted by Gasteiger charge is -2.34. The number of hydrogen-bond donors (Lipinski definition) is 2. The first-order chi connectivity index (χ1) is 8.87. The van der Waals surface area contributed by atoms with Crippen LogP contribution in [0.5, 0.6) is 5.88 Å². The van der Waals surface area contributed by atoms with Crippen molar-refractivity contribution in [2.45, 2.75) is 52.6 Å². The molecule has 0 radical (unpaired) electrons. The molecule has 1 fully saturated rings. The molecule has 0 bridgehead atoms. The second-order valence-corrected chi connectivity index (χ2v) is 6.20. The van der Waals surface area contributed by atoms with E-state index in [-0.39, 0.29) is 11.9 Å². The highest BCUT2D eigenvalue weighted by Crippen LogP contribution is 2.36. The molecule has 19 heavy (non-hydrogen) atoms. The number of hydrogen-bond acceptors (Lipinski definition) is 3. The number of rotatable bonds is 3. The molecule has 1 aliphatic carbocycles. The second-order valence-electron chi connectivity index (χ2n) is 6.20. The van der Waals surface area contributed by atoms with Gasteiger partial charge in [0, 0.05) is 5.69 Å². The Morgan fingerprint density at radius 1 is 1.37 bits per heavy atom. The van der Waals surface area contributed by atoms with Crippen LogP contribution in [0, 0.1) is 17.7 Å². The Hall–Kier alpha value is -1.58. The average Bonchev–Trinajstić information content (AvgIpc) is 2.31. The molecule has 0 spiro atoms. The lowest BCUT2D eigenvalue weighted by Crippen LogP contribution is -2.29. The van der Waals surface area contributed by atoms with Crippen molar-refractivity contribution in [2.24, 2.45) is 11.1 Å². The number of amidine groups is 1. The van der Waals surface area contributed by atoms with E-state index in [0.29, 0.717) is 16.9 Å². The smallest absolute Gasteiger partial charge is 0.225 e. The predicted octanol–water partition coefficient (Wildman–Crippen LogP) is 3.02. The number of aryl methyl sites for hydroxylation is 1. The van der Waals surface area contributed by atoms with Crippen molar-refractivity contribution < 1.29 is 4.74 Å². The van der Waals surface area contributed by atoms with Crippen LogP contribution in [-0.2, 0) is 0 Å². The largest absolute Gasteiger partial charge is 0.474 e. The van der Waals surface area contributed by atoms with E-state index >= 15 is 0 Å². The highest BCUT2D eigenvalue weighted by atomic mass is 16.5. The third kappa shape index (κ3) is 3.46. The van der Waals surface area contributed by atoms with E-state index in [1.165, 1.54) is 12.8 Å². The molecule has 0 saturated heterocycles. The van der Waals surface area contributed by atoms with Gasteiger partial charge in [-0.1, -0.05) is 13.8 Å². The summed E-state index contributed by atoms with van der Waals surface area (Å²) < 4.78 is 5.99. The minimum Gasteiger partial charge on any atom is -0.474 e. The van der Waals surface area contributed by atoms with E-state index in [2.05, 4.69) is 18.8 Å². The molecule has 0 aliphatic heterocycles. The Labute approximate surface area is 114 Å². The molecule has 4 heteroatoms. The quantitative estimate of drug-likeness (QED) is 0.649. The van der Waals surface area contributed by atoms with Gasteiger partial charge in [-0.05, 0) is 50.2 Å². The summed E-state index contributed by atoms with van der Waals surface area (Å²) in [5.41, 5.74) is 7.47. The molecule has 1 aliphatic rings. The molecule has 0 unspecified atom stereocenters. The molecule has 1 aromatic heterocycles. The van der Waals surface area contributed by atoms with Gasteiger partial charge in [-0.15, -0.1) is 0 Å². The number of nitrogens with zero attached hydrogens (tertiary/aromatic N) is 1. The topological polar surface area (TPSA) is 72.0 Å². The minimum atomic E-state index is 0.0126. The van der Waals surface area contributed by atoms with Crippen LogP contribution in [0.25, 0.3) is 0 Å². The highest BCUT2D eigenvalue weighted by molar-refractivity contribution is 5.97. The van der Waals surface area contributed by atoms with Crippen molar-refractivity contribution in [2.75, 3.05) is 0 Å². The molecule has 0 atom stereocenters. The van der Waals surface area contributed by atoms with Crippen molar-refractivity contribution in [3.63, 3.8) is 0 Å². The van der Waals surface area contributed by atoms with Gasteiger partial charge < -0.3 is 10.5 Å². The molecule has 3 N–H and O–H groups in total. The Bertz CT molecular complexity index is 472. The van der Waals surface area contributed by atoms with E-state index in [0.717, 1.165) is 18.5 Å². The summed E-state index contributed by atoms with van der Waals surface area (Å²) in [5, 5.41) is 7.58. The van der Waals surface area contributed by atoms with Crippen molar-refractivity contribution in [1.82, 2.24) is 4.98 Å². The Morgan fingerprint density at radius 2 is 2.00 bits per heavy atom. The van der Waals surface area contributed by atoms with Crippen molar-refractivity contribution in [1.29, 1.82) is 5.41 Å². The molecule has 104 valence electrons. The zero-order valence-electron chi connectivity index (χ0n) is 12.0. The summed E-state index contributed by atoms with van der Waals surface area (Å²) in [4.78, 5) is 4.38. The first-order valence-corrected chi connectivity index (χ1v) is 6.86. The number of nitrogens with two attached hydrogens (primary N) is 1. The van der Waals surface area contributed by atoms with Gasteiger partial charge in [0.2, 0.25) is 5.88 Å². The van der Waals surface area contributed by atoms with Crippen LogP contribution in [-0.4, -0.2) is 16.9 Å². The molecular formula is C15H23N3O. The summed E-state index contributed by atoms with van der Waals surface area (Å²) in [6.07, 6.45) is 4.61. The fraction of sp³-hybridized carbons (Fsp3) is 0.600. The van der Waals surface area contributed by atoms with Crippen LogP contribution in [0.3, 0.4) is 0 Å². The fourth-order valence-corrected chi connectivity index (χ4v) is 2.48. The van der Waals surface area contributed by atoms with Crippen LogP contribution in [0.2, 0.25) is 0 Å². The molecule has 1 heterocycles. The van der Waals surface area contributed by atoms with E-state index in [1.807, 2.05) is 19.1 Å². The maximum Gasteiger partial charge on any atom is 0.225 e. The Morgan fingerprint density at radius 3 is 2.58 bits per heavy atom. The summed E-state index contributed by atoms with van der Waals surface area (Å²) in [6.45, 7) is 6.52. The third-order valence-corrected chi connectivity index (χ3v) is 3.85. The van der Waals surface area contributed by atoms with E-state index in [9.17, 15) is 0 Å². The van der Waals surface area contributed by atoms with E-state index in [4.69, 9.17) is 15.9 Å². The minimum absolute atomic E-state index is 0.0126. The lowest BCUT2D eigenvalue weighted by atomic mass is 9.76. The molecule has 0 aromatic carbocycles. The maximum atomic E-state index is 7.58. The Kier molecular flexibility index (Phi) is 3.78. The standard InChI is InChI=1S/C15H23N3O/c1-10-4-5-12(13(16)17)14(18-10)19-11-6-8-15(2,3)9-7-11/h4-5,11H,6-9H2,1-3H3,(H3,16,17). The normalized spacial score (nSPS) is 19.1. The van der Waals surface area contributed by atoms with Crippen LogP contribution in [0.4, 0.5) is 0 Å². The molecule has 1 saturated carbocycles. The van der Waals surface area contributed by atoms with Gasteiger partial charge in [0.1, 0.15) is 11.9 Å². The summed E-state index contributed by atoms with van der Waals surface area (Å²) >= 11 is 0. The van der Waals surface area contributed by atoms with Gasteiger partial charge in [-0.25, -0.2) is 4.98 Å². The molecule has 1 aromatic rings. The molecule has 0 amide bonds. The molecular weight excluding hydrogens is 238 g/mol. The van der Waals surface area contributed by atoms with Gasteiger partial charge in [-0.2, -0.15) is 0 Å². The van der Waals surface area contributed by atoms with Gasteiger partial charge in [-0.3, -0.25) is 5.41 Å². The first-order valence-electron chi connectivity index (χ1n) is 6.86. The lowest BCUT2D eigenvalue weighted by molar-refractivity contribution is 0.0946. The van der Waals surface area contributed by atoms with Gasteiger partial charge in [0.15, 0.2) is 0 Å². The summed E-state index contributed by atoms with van der Waals surface area (Å²) in [6, 6.07) is 3.67. The van der Waals surface area contributed by atoms with E-state index in [1.54, 1.807) is 0 Å². The number of nitrogens with one attached hydrogen (secondary N) is 1. The molecule has 4 nitrogen and oxygen atoms in total. The summed E-state index contributed by atoms with van der Waals surface area (Å²) in [7, 11) is 0. The Balaban J connectivity index is 2.11. The van der Waals surface area contributed by atoms with Gasteiger partial charge in [0.05, 0.1) is 5.56 Å². The number of aromatic nitrogens is 1. The highest BCUT2D eigenvalue weighted by Gasteiger charge is 2.28. The van der Waals surface area contributed by atoms with Crippen molar-refractivity contribution in [3.05, 3.63) is 23.4 Å². The van der Waals surface area contributed by atoms with Crippen molar-refractivity contribution >= 4 is 5.84 Å².